The van der Waals surface area contributed by atoms with Crippen molar-refractivity contribution in [2.24, 2.45) is 5.92 Å². The molecule has 2 heterocycles. The first kappa shape index (κ1) is 17.9. The standard InChI is InChI=1S/C19H27N3O3S/c23-19(15-4-5-15)22-13-8-16-14-17(6-7-18(16)22)26(24,25)20-9-3-12-21-10-1-2-11-21/h6-7,14-15,20H,1-5,8-13H2. The molecule has 0 unspecified atom stereocenters. The third kappa shape index (κ3) is 3.80. The topological polar surface area (TPSA) is 69.7 Å². The molecule has 0 atom stereocenters. The van der Waals surface area contributed by atoms with Crippen molar-refractivity contribution in [3.63, 3.8) is 0 Å². The number of fused-ring (bicyclic) bond motifs is 1. The Labute approximate surface area is 155 Å². The molecule has 1 aromatic carbocycles. The fourth-order valence-corrected chi connectivity index (χ4v) is 5.05. The first-order valence-electron chi connectivity index (χ1n) is 9.71. The molecule has 6 nitrogen and oxygen atoms in total. The van der Waals surface area contributed by atoms with Crippen LogP contribution in [0, 0.1) is 5.92 Å². The van der Waals surface area contributed by atoms with Gasteiger partial charge < -0.3 is 9.80 Å². The number of amides is 1. The number of likely N-dealkylation sites (tertiary alicyclic amines) is 1. The van der Waals surface area contributed by atoms with Gasteiger partial charge in [0, 0.05) is 24.7 Å². The number of hydrogen-bond donors (Lipinski definition) is 1. The lowest BCUT2D eigenvalue weighted by atomic mass is 10.2. The summed E-state index contributed by atoms with van der Waals surface area (Å²) in [6, 6.07) is 5.15. The molecule has 2 aliphatic heterocycles. The molecule has 1 saturated heterocycles. The van der Waals surface area contributed by atoms with Crippen LogP contribution in [0.5, 0.6) is 0 Å². The average Bonchev–Trinajstić information content (AvgIpc) is 3.19. The SMILES string of the molecule is O=C(C1CC1)N1CCc2cc(S(=O)(=O)NCCCN3CCCC3)ccc21. The highest BCUT2D eigenvalue weighted by Crippen LogP contribution is 2.37. The van der Waals surface area contributed by atoms with E-state index in [1.807, 2.05) is 4.90 Å². The maximum atomic E-state index is 12.6. The van der Waals surface area contributed by atoms with Gasteiger partial charge in [-0.2, -0.15) is 0 Å². The number of carbonyl (C=O) groups is 1. The zero-order valence-corrected chi connectivity index (χ0v) is 15.9. The first-order chi connectivity index (χ1) is 12.5. The Morgan fingerprint density at radius 2 is 1.92 bits per heavy atom. The van der Waals surface area contributed by atoms with E-state index in [1.165, 1.54) is 12.8 Å². The molecule has 4 rings (SSSR count). The second-order valence-corrected chi connectivity index (χ2v) is 9.37. The van der Waals surface area contributed by atoms with Gasteiger partial charge in [-0.05, 0) is 81.9 Å². The predicted octanol–water partition coefficient (Wildman–Crippen LogP) is 1.75. The second-order valence-electron chi connectivity index (χ2n) is 7.60. The number of sulfonamides is 1. The highest BCUT2D eigenvalue weighted by atomic mass is 32.2. The van der Waals surface area contributed by atoms with Crippen molar-refractivity contribution in [3.05, 3.63) is 23.8 Å². The van der Waals surface area contributed by atoms with E-state index < -0.39 is 10.0 Å². The second kappa shape index (κ2) is 7.29. The Hall–Kier alpha value is -1.44. The zero-order valence-electron chi connectivity index (χ0n) is 15.1. The van der Waals surface area contributed by atoms with Crippen molar-refractivity contribution in [2.45, 2.75) is 43.4 Å². The van der Waals surface area contributed by atoms with Crippen molar-refractivity contribution < 1.29 is 13.2 Å². The molecule has 0 radical (unpaired) electrons. The van der Waals surface area contributed by atoms with E-state index in [4.69, 9.17) is 0 Å². The molecule has 0 aromatic heterocycles. The molecule has 1 aliphatic carbocycles. The molecular formula is C19H27N3O3S. The van der Waals surface area contributed by atoms with Gasteiger partial charge in [-0.3, -0.25) is 4.79 Å². The van der Waals surface area contributed by atoms with E-state index in [1.54, 1.807) is 18.2 Å². The van der Waals surface area contributed by atoms with Crippen LogP contribution in [0.4, 0.5) is 5.69 Å². The summed E-state index contributed by atoms with van der Waals surface area (Å²) in [6.45, 7) is 4.34. The van der Waals surface area contributed by atoms with Crippen molar-refractivity contribution in [1.82, 2.24) is 9.62 Å². The highest BCUT2D eigenvalue weighted by molar-refractivity contribution is 7.89. The highest BCUT2D eigenvalue weighted by Gasteiger charge is 2.36. The van der Waals surface area contributed by atoms with Gasteiger partial charge in [0.1, 0.15) is 0 Å². The largest absolute Gasteiger partial charge is 0.312 e. The smallest absolute Gasteiger partial charge is 0.240 e. The van der Waals surface area contributed by atoms with Crippen molar-refractivity contribution >= 4 is 21.6 Å². The minimum atomic E-state index is -3.49. The first-order valence-corrected chi connectivity index (χ1v) is 11.2. The van der Waals surface area contributed by atoms with Crippen LogP contribution in [0.2, 0.25) is 0 Å². The molecule has 7 heteroatoms. The van der Waals surface area contributed by atoms with Crippen LogP contribution in [0.3, 0.4) is 0 Å². The van der Waals surface area contributed by atoms with E-state index in [9.17, 15) is 13.2 Å². The summed E-state index contributed by atoms with van der Waals surface area (Å²) < 4.78 is 27.8. The third-order valence-electron chi connectivity index (χ3n) is 5.59. The van der Waals surface area contributed by atoms with Gasteiger partial charge >= 0.3 is 0 Å². The van der Waals surface area contributed by atoms with Crippen molar-refractivity contribution in [2.75, 3.05) is 37.6 Å². The maximum Gasteiger partial charge on any atom is 0.240 e. The number of carbonyl (C=O) groups excluding carboxylic acids is 1. The molecule has 0 bridgehead atoms. The van der Waals surface area contributed by atoms with Crippen molar-refractivity contribution in [1.29, 1.82) is 0 Å². The van der Waals surface area contributed by atoms with Gasteiger partial charge in [0.2, 0.25) is 15.9 Å². The Morgan fingerprint density at radius 1 is 1.15 bits per heavy atom. The maximum absolute atomic E-state index is 12.6. The summed E-state index contributed by atoms with van der Waals surface area (Å²) in [4.78, 5) is 16.8. The molecule has 142 valence electrons. The monoisotopic (exact) mass is 377 g/mol. The van der Waals surface area contributed by atoms with Crippen LogP contribution in [0.1, 0.15) is 37.7 Å². The van der Waals surface area contributed by atoms with Gasteiger partial charge in [0.15, 0.2) is 0 Å². The fourth-order valence-electron chi connectivity index (χ4n) is 3.92. The fraction of sp³-hybridized carbons (Fsp3) is 0.632. The van der Waals surface area contributed by atoms with E-state index in [2.05, 4.69) is 9.62 Å². The summed E-state index contributed by atoms with van der Waals surface area (Å²) in [5.41, 5.74) is 1.84. The third-order valence-corrected chi connectivity index (χ3v) is 7.05. The van der Waals surface area contributed by atoms with Gasteiger partial charge in [-0.25, -0.2) is 13.1 Å². The average molecular weight is 378 g/mol. The van der Waals surface area contributed by atoms with Gasteiger partial charge in [0.05, 0.1) is 4.90 Å². The summed E-state index contributed by atoms with van der Waals surface area (Å²) in [7, 11) is -3.49. The lowest BCUT2D eigenvalue weighted by molar-refractivity contribution is -0.119. The minimum Gasteiger partial charge on any atom is -0.312 e. The Morgan fingerprint density at radius 3 is 2.65 bits per heavy atom. The number of rotatable bonds is 7. The van der Waals surface area contributed by atoms with Crippen LogP contribution >= 0.6 is 0 Å². The normalized spacial score (nSPS) is 20.5. The molecule has 1 amide bonds. The summed E-state index contributed by atoms with van der Waals surface area (Å²) in [6.07, 6.45) is 6.03. The summed E-state index contributed by atoms with van der Waals surface area (Å²) in [5.74, 6) is 0.376. The van der Waals surface area contributed by atoms with Gasteiger partial charge in [-0.15, -0.1) is 0 Å². The number of nitrogens with one attached hydrogen (secondary N) is 1. The Kier molecular flexibility index (Phi) is 5.03. The zero-order chi connectivity index (χ0) is 18.1. The molecule has 2 fully saturated rings. The number of nitrogens with zero attached hydrogens (tertiary/aromatic N) is 2. The van der Waals surface area contributed by atoms with Crippen LogP contribution in [0.15, 0.2) is 23.1 Å². The predicted molar refractivity (Wildman–Crippen MR) is 101 cm³/mol. The van der Waals surface area contributed by atoms with E-state index in [0.717, 1.165) is 56.6 Å². The molecule has 1 saturated carbocycles. The van der Waals surface area contributed by atoms with Crippen LogP contribution in [-0.2, 0) is 21.2 Å². The van der Waals surface area contributed by atoms with Gasteiger partial charge in [-0.1, -0.05) is 0 Å². The minimum absolute atomic E-state index is 0.182. The van der Waals surface area contributed by atoms with E-state index in [0.29, 0.717) is 18.0 Å². The lowest BCUT2D eigenvalue weighted by Gasteiger charge is -2.17. The number of hydrogen-bond acceptors (Lipinski definition) is 4. The molecule has 3 aliphatic rings. The van der Waals surface area contributed by atoms with E-state index in [-0.39, 0.29) is 11.8 Å². The van der Waals surface area contributed by atoms with Crippen LogP contribution in [0.25, 0.3) is 0 Å². The molecule has 1 aromatic rings. The van der Waals surface area contributed by atoms with Crippen molar-refractivity contribution in [3.8, 4) is 0 Å². The van der Waals surface area contributed by atoms with Gasteiger partial charge in [0.25, 0.3) is 0 Å². The van der Waals surface area contributed by atoms with Crippen LogP contribution in [-0.4, -0.2) is 51.9 Å². The van der Waals surface area contributed by atoms with Crippen LogP contribution < -0.4 is 9.62 Å². The molecule has 26 heavy (non-hydrogen) atoms. The summed E-state index contributed by atoms with van der Waals surface area (Å²) >= 11 is 0. The lowest BCUT2D eigenvalue weighted by Crippen LogP contribution is -2.30. The number of benzene rings is 1. The molecule has 1 N–H and O–H groups in total. The Balaban J connectivity index is 1.37. The summed E-state index contributed by atoms with van der Waals surface area (Å²) in [5, 5.41) is 0. The Bertz CT molecular complexity index is 783. The quantitative estimate of drug-likeness (QED) is 0.735. The molecular weight excluding hydrogens is 350 g/mol. The molecule has 0 spiro atoms. The van der Waals surface area contributed by atoms with E-state index >= 15 is 0 Å². The number of anilines is 1.